The second-order valence-corrected chi connectivity index (χ2v) is 4.86. The smallest absolute Gasteiger partial charge is 0.123 e. The molecule has 0 bridgehead atoms. The molecule has 0 saturated carbocycles. The Labute approximate surface area is 101 Å². The van der Waals surface area contributed by atoms with Crippen LogP contribution in [0.2, 0.25) is 5.02 Å². The lowest BCUT2D eigenvalue weighted by molar-refractivity contribution is 0.0969. The highest BCUT2D eigenvalue weighted by Crippen LogP contribution is 2.32. The van der Waals surface area contributed by atoms with Gasteiger partial charge in [0.25, 0.3) is 0 Å². The number of halogens is 1. The lowest BCUT2D eigenvalue weighted by Gasteiger charge is -2.23. The van der Waals surface area contributed by atoms with E-state index in [1.54, 1.807) is 19.1 Å². The number of hydrogen-bond acceptors (Lipinski definition) is 3. The third kappa shape index (κ3) is 2.67. The monoisotopic (exact) mass is 243 g/mol. The van der Waals surface area contributed by atoms with Crippen LogP contribution >= 0.6 is 11.6 Å². The van der Waals surface area contributed by atoms with Gasteiger partial charge in [-0.2, -0.15) is 0 Å². The predicted molar refractivity (Wildman–Crippen MR) is 65.6 cm³/mol. The van der Waals surface area contributed by atoms with Gasteiger partial charge < -0.3 is 15.9 Å². The van der Waals surface area contributed by atoms with Crippen molar-refractivity contribution < 1.29 is 10.2 Å². The third-order valence-corrected chi connectivity index (χ3v) is 2.92. The maximum absolute atomic E-state index is 9.88. The van der Waals surface area contributed by atoms with Gasteiger partial charge >= 0.3 is 0 Å². The minimum absolute atomic E-state index is 0.0219. The minimum Gasteiger partial charge on any atom is -0.507 e. The first-order valence-corrected chi connectivity index (χ1v) is 5.65. The second-order valence-electron chi connectivity index (χ2n) is 4.42. The maximum Gasteiger partial charge on any atom is 0.123 e. The zero-order valence-electron chi connectivity index (χ0n) is 9.74. The summed E-state index contributed by atoms with van der Waals surface area (Å²) in [5, 5.41) is 20.3. The zero-order valence-corrected chi connectivity index (χ0v) is 10.5. The van der Waals surface area contributed by atoms with Gasteiger partial charge in [-0.15, -0.1) is 0 Å². The van der Waals surface area contributed by atoms with Crippen molar-refractivity contribution in [3.8, 4) is 5.75 Å². The molecule has 0 aliphatic heterocycles. The summed E-state index contributed by atoms with van der Waals surface area (Å²) in [6.07, 6.45) is -0.705. The Morgan fingerprint density at radius 2 is 1.88 bits per heavy atom. The van der Waals surface area contributed by atoms with Crippen LogP contribution in [0.5, 0.6) is 5.75 Å². The number of aryl methyl sites for hydroxylation is 1. The normalized spacial score (nSPS) is 15.2. The van der Waals surface area contributed by atoms with Crippen LogP contribution in [0, 0.1) is 12.8 Å². The number of phenolic OH excluding ortho intramolecular Hbond substituents is 1. The molecule has 1 aromatic rings. The van der Waals surface area contributed by atoms with E-state index < -0.39 is 12.1 Å². The summed E-state index contributed by atoms with van der Waals surface area (Å²) in [7, 11) is 0. The Morgan fingerprint density at radius 1 is 1.31 bits per heavy atom. The van der Waals surface area contributed by atoms with Gasteiger partial charge in [0.2, 0.25) is 0 Å². The first kappa shape index (κ1) is 13.3. The van der Waals surface area contributed by atoms with Gasteiger partial charge in [0.05, 0.1) is 12.1 Å². The molecule has 2 atom stereocenters. The van der Waals surface area contributed by atoms with Crippen LogP contribution in [0.15, 0.2) is 12.1 Å². The second kappa shape index (κ2) is 5.04. The summed E-state index contributed by atoms with van der Waals surface area (Å²) in [6, 6.07) is 2.63. The fourth-order valence-corrected chi connectivity index (χ4v) is 1.90. The third-order valence-electron chi connectivity index (χ3n) is 2.70. The minimum atomic E-state index is -0.705. The number of benzene rings is 1. The van der Waals surface area contributed by atoms with Crippen LogP contribution < -0.4 is 5.73 Å². The van der Waals surface area contributed by atoms with Crippen molar-refractivity contribution in [2.24, 2.45) is 11.7 Å². The molecule has 0 aliphatic carbocycles. The molecule has 0 unspecified atom stereocenters. The van der Waals surface area contributed by atoms with Crippen LogP contribution in [0.4, 0.5) is 0 Å². The van der Waals surface area contributed by atoms with Crippen LogP contribution in [-0.2, 0) is 0 Å². The van der Waals surface area contributed by atoms with Crippen molar-refractivity contribution in [3.63, 3.8) is 0 Å². The average Bonchev–Trinajstić information content (AvgIpc) is 2.21. The molecular weight excluding hydrogens is 226 g/mol. The van der Waals surface area contributed by atoms with Crippen molar-refractivity contribution in [2.75, 3.05) is 0 Å². The highest BCUT2D eigenvalue weighted by atomic mass is 35.5. The molecular formula is C12H18ClNO2. The fourth-order valence-electron chi connectivity index (χ4n) is 1.61. The van der Waals surface area contributed by atoms with Gasteiger partial charge in [0, 0.05) is 10.6 Å². The fraction of sp³-hybridized carbons (Fsp3) is 0.500. The highest BCUT2D eigenvalue weighted by molar-refractivity contribution is 6.30. The summed E-state index contributed by atoms with van der Waals surface area (Å²) in [5.41, 5.74) is 7.06. The zero-order chi connectivity index (χ0) is 12.5. The Bertz CT molecular complexity index is 380. The molecule has 4 heteroatoms. The Kier molecular flexibility index (Phi) is 4.19. The van der Waals surface area contributed by atoms with Crippen molar-refractivity contribution in [1.29, 1.82) is 0 Å². The first-order chi connectivity index (χ1) is 7.34. The quantitative estimate of drug-likeness (QED) is 0.764. The van der Waals surface area contributed by atoms with Gasteiger partial charge in [-0.05, 0) is 30.5 Å². The maximum atomic E-state index is 9.88. The van der Waals surface area contributed by atoms with Crippen molar-refractivity contribution >= 4 is 11.6 Å². The molecule has 4 N–H and O–H groups in total. The first-order valence-electron chi connectivity index (χ1n) is 5.27. The molecule has 1 aromatic carbocycles. The molecule has 0 aromatic heterocycles. The summed E-state index contributed by atoms with van der Waals surface area (Å²) in [4.78, 5) is 0. The molecule has 0 fully saturated rings. The van der Waals surface area contributed by atoms with E-state index in [0.717, 1.165) is 0 Å². The summed E-state index contributed by atoms with van der Waals surface area (Å²) in [6.45, 7) is 5.50. The van der Waals surface area contributed by atoms with Crippen molar-refractivity contribution in [2.45, 2.75) is 32.9 Å². The number of aromatic hydroxyl groups is 1. The molecule has 0 saturated heterocycles. The Balaban J connectivity index is 3.13. The lowest BCUT2D eigenvalue weighted by atomic mass is 9.93. The van der Waals surface area contributed by atoms with Gasteiger partial charge in [-0.25, -0.2) is 0 Å². The lowest BCUT2D eigenvalue weighted by Crippen LogP contribution is -2.30. The van der Waals surface area contributed by atoms with Gasteiger partial charge in [-0.1, -0.05) is 25.4 Å². The van der Waals surface area contributed by atoms with E-state index in [0.29, 0.717) is 16.1 Å². The standard InChI is InChI=1S/C12H18ClNO2/c1-6(2)11(15)10(14)9-5-8(13)4-7(3)12(9)16/h4-6,10-11,15-16H,14H2,1-3H3/t10-,11+/m0/s1. The molecule has 16 heavy (non-hydrogen) atoms. The van der Waals surface area contributed by atoms with E-state index in [2.05, 4.69) is 0 Å². The summed E-state index contributed by atoms with van der Waals surface area (Å²) >= 11 is 5.90. The van der Waals surface area contributed by atoms with E-state index in [4.69, 9.17) is 17.3 Å². The summed E-state index contributed by atoms with van der Waals surface area (Å²) in [5.74, 6) is 0.130. The predicted octanol–water partition coefficient (Wildman–Crippen LogP) is 2.37. The average molecular weight is 244 g/mol. The molecule has 0 radical (unpaired) electrons. The number of hydrogen-bond donors (Lipinski definition) is 3. The van der Waals surface area contributed by atoms with Crippen molar-refractivity contribution in [3.05, 3.63) is 28.3 Å². The van der Waals surface area contributed by atoms with Crippen LogP contribution in [0.3, 0.4) is 0 Å². The number of phenols is 1. The van der Waals surface area contributed by atoms with E-state index in [1.165, 1.54) is 0 Å². The molecule has 1 rings (SSSR count). The van der Waals surface area contributed by atoms with Crippen molar-refractivity contribution in [1.82, 2.24) is 0 Å². The van der Waals surface area contributed by atoms with Gasteiger partial charge in [0.1, 0.15) is 5.75 Å². The van der Waals surface area contributed by atoms with Gasteiger partial charge in [-0.3, -0.25) is 0 Å². The summed E-state index contributed by atoms with van der Waals surface area (Å²) < 4.78 is 0. The Morgan fingerprint density at radius 3 is 2.38 bits per heavy atom. The largest absolute Gasteiger partial charge is 0.507 e. The Hall–Kier alpha value is -0.770. The molecule has 0 heterocycles. The SMILES string of the molecule is Cc1cc(Cl)cc([C@H](N)[C@H](O)C(C)C)c1O. The van der Waals surface area contributed by atoms with Gasteiger partial charge in [0.15, 0.2) is 0 Å². The van der Waals surface area contributed by atoms with Crippen LogP contribution in [-0.4, -0.2) is 16.3 Å². The number of aliphatic hydroxyl groups is 1. The molecule has 3 nitrogen and oxygen atoms in total. The van der Waals surface area contributed by atoms with Crippen LogP contribution in [0.1, 0.15) is 31.0 Å². The van der Waals surface area contributed by atoms with E-state index in [1.807, 2.05) is 13.8 Å². The molecule has 0 aliphatic rings. The molecule has 0 spiro atoms. The van der Waals surface area contributed by atoms with E-state index in [-0.39, 0.29) is 11.7 Å². The van der Waals surface area contributed by atoms with E-state index >= 15 is 0 Å². The number of rotatable bonds is 3. The number of aliphatic hydroxyl groups excluding tert-OH is 1. The molecule has 0 amide bonds. The van der Waals surface area contributed by atoms with Crippen LogP contribution in [0.25, 0.3) is 0 Å². The topological polar surface area (TPSA) is 66.5 Å². The van der Waals surface area contributed by atoms with E-state index in [9.17, 15) is 10.2 Å². The number of nitrogens with two attached hydrogens (primary N) is 1. The highest BCUT2D eigenvalue weighted by Gasteiger charge is 2.23. The molecule has 90 valence electrons.